The second kappa shape index (κ2) is 6.73. The normalized spacial score (nSPS) is 18.2. The fraction of sp³-hybridized carbons (Fsp3) is 0.105. The van der Waals surface area contributed by atoms with Gasteiger partial charge in [0, 0.05) is 17.6 Å². The molecular formula is C19H19NP. The zero-order valence-corrected chi connectivity index (χ0v) is 13.0. The Morgan fingerprint density at radius 3 is 1.81 bits per heavy atom. The first kappa shape index (κ1) is 14.8. The van der Waals surface area contributed by atoms with Crippen molar-refractivity contribution in [1.82, 2.24) is 0 Å². The Morgan fingerprint density at radius 1 is 0.810 bits per heavy atom. The van der Waals surface area contributed by atoms with Crippen molar-refractivity contribution in [2.24, 2.45) is 5.73 Å². The number of nitrogens with two attached hydrogens (primary N) is 1. The molecule has 0 bridgehead atoms. The highest BCUT2D eigenvalue weighted by Crippen LogP contribution is 2.56. The molecule has 1 unspecified atom stereocenters. The van der Waals surface area contributed by atoms with Gasteiger partial charge in [-0.15, -0.1) is 0 Å². The van der Waals surface area contributed by atoms with E-state index in [1.807, 2.05) is 0 Å². The van der Waals surface area contributed by atoms with E-state index in [-0.39, 0.29) is 6.04 Å². The summed E-state index contributed by atoms with van der Waals surface area (Å²) in [5, 5.41) is 2.73. The lowest BCUT2D eigenvalue weighted by Gasteiger charge is -2.30. The van der Waals surface area contributed by atoms with Crippen LogP contribution in [0, 0.1) is 30.8 Å². The van der Waals surface area contributed by atoms with Crippen LogP contribution in [0.5, 0.6) is 0 Å². The van der Waals surface area contributed by atoms with Crippen LogP contribution in [0.1, 0.15) is 6.92 Å². The zero-order valence-electron chi connectivity index (χ0n) is 12.1. The molecule has 2 aromatic carbocycles. The maximum absolute atomic E-state index is 6.16. The monoisotopic (exact) mass is 292 g/mol. The van der Waals surface area contributed by atoms with E-state index < -0.39 is 7.92 Å². The minimum Gasteiger partial charge on any atom is -0.327 e. The summed E-state index contributed by atoms with van der Waals surface area (Å²) in [6, 6.07) is 21.5. The lowest BCUT2D eigenvalue weighted by atomic mass is 10.0. The Balaban J connectivity index is 2.01. The summed E-state index contributed by atoms with van der Waals surface area (Å²) in [7, 11) is -0.542. The second-order valence-corrected chi connectivity index (χ2v) is 7.35. The molecule has 1 nitrogen and oxygen atoms in total. The third-order valence-electron chi connectivity index (χ3n) is 3.59. The molecule has 21 heavy (non-hydrogen) atoms. The van der Waals surface area contributed by atoms with Gasteiger partial charge in [0.1, 0.15) is 0 Å². The predicted molar refractivity (Wildman–Crippen MR) is 92.1 cm³/mol. The Morgan fingerprint density at radius 2 is 1.33 bits per heavy atom. The van der Waals surface area contributed by atoms with Crippen LogP contribution in [0.25, 0.3) is 0 Å². The molecular weight excluding hydrogens is 273 g/mol. The van der Waals surface area contributed by atoms with Gasteiger partial charge in [0.05, 0.1) is 0 Å². The van der Waals surface area contributed by atoms with Gasteiger partial charge in [-0.1, -0.05) is 60.7 Å². The molecule has 0 saturated heterocycles. The van der Waals surface area contributed by atoms with Crippen molar-refractivity contribution in [3.05, 3.63) is 91.5 Å². The molecule has 105 valence electrons. The fourth-order valence-corrected chi connectivity index (χ4v) is 5.16. The van der Waals surface area contributed by atoms with Crippen LogP contribution in [0.3, 0.4) is 0 Å². The number of benzene rings is 2. The number of hydrogen-bond acceptors (Lipinski definition) is 1. The minimum absolute atomic E-state index is 0.0624. The molecule has 1 atom stereocenters. The smallest absolute Gasteiger partial charge is 0.0211 e. The Bertz CT molecular complexity index is 513. The van der Waals surface area contributed by atoms with Crippen molar-refractivity contribution >= 4 is 18.5 Å². The van der Waals surface area contributed by atoms with Gasteiger partial charge >= 0.3 is 0 Å². The SMILES string of the molecule is CC(N)[C]1[CH][CH][CH][C]1P(c1ccccc1)c1ccccc1. The summed E-state index contributed by atoms with van der Waals surface area (Å²) in [6.07, 6.45) is 6.50. The van der Waals surface area contributed by atoms with Gasteiger partial charge < -0.3 is 5.73 Å². The van der Waals surface area contributed by atoms with Crippen LogP contribution in [0.2, 0.25) is 0 Å². The molecule has 2 aromatic rings. The number of rotatable bonds is 4. The predicted octanol–water partition coefficient (Wildman–Crippen LogP) is 3.20. The molecule has 5 radical (unpaired) electrons. The van der Waals surface area contributed by atoms with E-state index in [0.29, 0.717) is 0 Å². The van der Waals surface area contributed by atoms with Gasteiger partial charge in [-0.2, -0.15) is 0 Å². The Hall–Kier alpha value is -1.17. The minimum atomic E-state index is -0.542. The summed E-state index contributed by atoms with van der Waals surface area (Å²) >= 11 is 0. The van der Waals surface area contributed by atoms with Gasteiger partial charge in [0.2, 0.25) is 0 Å². The quantitative estimate of drug-likeness (QED) is 0.861. The molecule has 1 aliphatic rings. The fourth-order valence-electron chi connectivity index (χ4n) is 2.59. The third kappa shape index (κ3) is 3.20. The highest BCUT2D eigenvalue weighted by atomic mass is 31.1. The average molecular weight is 292 g/mol. The van der Waals surface area contributed by atoms with E-state index in [9.17, 15) is 0 Å². The van der Waals surface area contributed by atoms with Gasteiger partial charge in [0.15, 0.2) is 0 Å². The van der Waals surface area contributed by atoms with Gasteiger partial charge in [-0.05, 0) is 44.7 Å². The summed E-state index contributed by atoms with van der Waals surface area (Å²) in [4.78, 5) is 0. The van der Waals surface area contributed by atoms with Crippen molar-refractivity contribution in [2.45, 2.75) is 13.0 Å². The van der Waals surface area contributed by atoms with E-state index in [1.165, 1.54) is 22.2 Å². The maximum Gasteiger partial charge on any atom is 0.0211 e. The van der Waals surface area contributed by atoms with Gasteiger partial charge in [-0.25, -0.2) is 0 Å². The van der Waals surface area contributed by atoms with Crippen molar-refractivity contribution < 1.29 is 0 Å². The van der Waals surface area contributed by atoms with Gasteiger partial charge in [0.25, 0.3) is 0 Å². The average Bonchev–Trinajstić information content (AvgIpc) is 2.99. The lowest BCUT2D eigenvalue weighted by Crippen LogP contribution is -2.29. The van der Waals surface area contributed by atoms with Crippen molar-refractivity contribution in [1.29, 1.82) is 0 Å². The molecule has 1 fully saturated rings. The maximum atomic E-state index is 6.16. The lowest BCUT2D eigenvalue weighted by molar-refractivity contribution is 0.793. The molecule has 2 heteroatoms. The van der Waals surface area contributed by atoms with E-state index in [0.717, 1.165) is 0 Å². The van der Waals surface area contributed by atoms with Crippen molar-refractivity contribution in [2.75, 3.05) is 0 Å². The summed E-state index contributed by atoms with van der Waals surface area (Å²) in [5.41, 5.74) is 7.54. The van der Waals surface area contributed by atoms with Crippen LogP contribution < -0.4 is 16.3 Å². The molecule has 0 spiro atoms. The molecule has 1 saturated carbocycles. The standard InChI is InChI=1S/C19H19NP/c1-15(20)18-13-8-14-19(18)21(16-9-4-2-5-10-16)17-11-6-3-7-12-17/h2-15H,20H2,1H3. The van der Waals surface area contributed by atoms with E-state index in [2.05, 4.69) is 86.8 Å². The Labute approximate surface area is 129 Å². The second-order valence-electron chi connectivity index (χ2n) is 5.16. The number of hydrogen-bond donors (Lipinski definition) is 1. The zero-order chi connectivity index (χ0) is 14.7. The first-order chi connectivity index (χ1) is 10.3. The van der Waals surface area contributed by atoms with Crippen LogP contribution in [-0.2, 0) is 0 Å². The van der Waals surface area contributed by atoms with Crippen LogP contribution in [0.15, 0.2) is 60.7 Å². The molecule has 1 aliphatic carbocycles. The molecule has 2 N–H and O–H groups in total. The van der Waals surface area contributed by atoms with Crippen LogP contribution in [0.4, 0.5) is 0 Å². The van der Waals surface area contributed by atoms with E-state index >= 15 is 0 Å². The first-order valence-corrected chi connectivity index (χ1v) is 8.53. The largest absolute Gasteiger partial charge is 0.327 e. The van der Waals surface area contributed by atoms with Crippen LogP contribution in [-0.4, -0.2) is 6.04 Å². The van der Waals surface area contributed by atoms with Gasteiger partial charge in [-0.3, -0.25) is 0 Å². The van der Waals surface area contributed by atoms with E-state index in [1.54, 1.807) is 0 Å². The molecule has 0 aromatic heterocycles. The summed E-state index contributed by atoms with van der Waals surface area (Å²) in [6.45, 7) is 2.06. The first-order valence-electron chi connectivity index (χ1n) is 7.19. The van der Waals surface area contributed by atoms with Crippen LogP contribution >= 0.6 is 7.92 Å². The highest BCUT2D eigenvalue weighted by Gasteiger charge is 2.38. The van der Waals surface area contributed by atoms with E-state index in [4.69, 9.17) is 5.73 Å². The summed E-state index contributed by atoms with van der Waals surface area (Å²) in [5.74, 6) is 1.26. The topological polar surface area (TPSA) is 26.0 Å². The highest BCUT2D eigenvalue weighted by molar-refractivity contribution is 7.76. The molecule has 0 heterocycles. The molecule has 0 aliphatic heterocycles. The Kier molecular flexibility index (Phi) is 4.73. The summed E-state index contributed by atoms with van der Waals surface area (Å²) < 4.78 is 0. The van der Waals surface area contributed by atoms with Crippen molar-refractivity contribution in [3.8, 4) is 0 Å². The molecule has 3 rings (SSSR count). The van der Waals surface area contributed by atoms with Crippen molar-refractivity contribution in [3.63, 3.8) is 0 Å². The third-order valence-corrected chi connectivity index (χ3v) is 6.10. The molecule has 0 amide bonds.